The summed E-state index contributed by atoms with van der Waals surface area (Å²) in [6.07, 6.45) is 0. The van der Waals surface area contributed by atoms with Crippen LogP contribution in [0.5, 0.6) is 0 Å². The average molecular weight is 543 g/mol. The number of anilines is 2. The third-order valence-electron chi connectivity index (χ3n) is 6.79. The minimum Gasteiger partial charge on any atom is -0.378 e. The number of carbonyl (C=O) groups excluding carboxylic acids is 4. The van der Waals surface area contributed by atoms with Crippen LogP contribution in [-0.4, -0.2) is 86.0 Å². The fourth-order valence-electron chi connectivity index (χ4n) is 4.47. The molecule has 5 rings (SSSR count). The smallest absolute Gasteiger partial charge is 0.255 e. The first-order valence-electron chi connectivity index (χ1n) is 13.1. The highest BCUT2D eigenvalue weighted by Gasteiger charge is 2.20. The van der Waals surface area contributed by atoms with Crippen molar-refractivity contribution >= 4 is 35.0 Å². The van der Waals surface area contributed by atoms with Crippen LogP contribution in [-0.2, 0) is 9.47 Å². The first-order chi connectivity index (χ1) is 19.5. The maximum Gasteiger partial charge on any atom is 0.255 e. The highest BCUT2D eigenvalue weighted by atomic mass is 16.5. The number of nitrogens with one attached hydrogen (secondary N) is 2. The molecule has 2 fully saturated rings. The van der Waals surface area contributed by atoms with Crippen molar-refractivity contribution in [1.29, 1.82) is 0 Å². The van der Waals surface area contributed by atoms with Gasteiger partial charge < -0.3 is 29.9 Å². The fourth-order valence-corrected chi connectivity index (χ4v) is 4.47. The van der Waals surface area contributed by atoms with Gasteiger partial charge in [0.05, 0.1) is 26.4 Å². The Bertz CT molecular complexity index is 1250. The number of benzene rings is 3. The van der Waals surface area contributed by atoms with Gasteiger partial charge in [0.25, 0.3) is 23.6 Å². The molecule has 2 saturated heterocycles. The molecule has 2 N–H and O–H groups in total. The molecule has 40 heavy (non-hydrogen) atoms. The van der Waals surface area contributed by atoms with E-state index in [9.17, 15) is 19.2 Å². The molecule has 0 radical (unpaired) electrons. The SMILES string of the molecule is O=C(Nc1ccc(C(=O)N2CCOCC2)cc1)c1ccc(C(=O)Nc2ccc(C(=O)N3CCOCC3)cc2)cc1. The fraction of sp³-hybridized carbons (Fsp3) is 0.267. The van der Waals surface area contributed by atoms with Gasteiger partial charge in [-0.2, -0.15) is 0 Å². The largest absolute Gasteiger partial charge is 0.378 e. The summed E-state index contributed by atoms with van der Waals surface area (Å²) in [6, 6.07) is 19.8. The Labute approximate surface area is 231 Å². The van der Waals surface area contributed by atoms with Crippen LogP contribution in [0.15, 0.2) is 72.8 Å². The lowest BCUT2D eigenvalue weighted by molar-refractivity contribution is 0.0301. The van der Waals surface area contributed by atoms with Crippen molar-refractivity contribution in [2.24, 2.45) is 0 Å². The quantitative estimate of drug-likeness (QED) is 0.494. The Morgan fingerprint density at radius 1 is 0.475 bits per heavy atom. The standard InChI is InChI=1S/C30H30N4O6/c35-27(31-25-9-5-23(6-10-25)29(37)33-13-17-39-18-14-33)21-1-2-22(4-3-21)28(36)32-26-11-7-24(8-12-26)30(38)34-15-19-40-20-16-34/h1-12H,13-20H2,(H,31,35)(H,32,36). The summed E-state index contributed by atoms with van der Waals surface area (Å²) in [6.45, 7) is 4.39. The summed E-state index contributed by atoms with van der Waals surface area (Å²) in [4.78, 5) is 54.1. The van der Waals surface area contributed by atoms with Crippen LogP contribution >= 0.6 is 0 Å². The van der Waals surface area contributed by atoms with Crippen LogP contribution in [0.3, 0.4) is 0 Å². The number of morpholine rings is 2. The number of hydrogen-bond acceptors (Lipinski definition) is 6. The first-order valence-corrected chi connectivity index (χ1v) is 13.1. The van der Waals surface area contributed by atoms with Crippen molar-refractivity contribution in [1.82, 2.24) is 9.80 Å². The summed E-state index contributed by atoms with van der Waals surface area (Å²) in [7, 11) is 0. The second kappa shape index (κ2) is 12.5. The van der Waals surface area contributed by atoms with Crippen LogP contribution < -0.4 is 10.6 Å². The molecule has 3 aromatic carbocycles. The normalized spacial score (nSPS) is 15.3. The molecule has 0 bridgehead atoms. The van der Waals surface area contributed by atoms with E-state index >= 15 is 0 Å². The number of nitrogens with zero attached hydrogens (tertiary/aromatic N) is 2. The summed E-state index contributed by atoms with van der Waals surface area (Å²) < 4.78 is 10.6. The maximum atomic E-state index is 12.7. The number of ether oxygens (including phenoxy) is 2. The van der Waals surface area contributed by atoms with Gasteiger partial charge >= 0.3 is 0 Å². The molecule has 0 unspecified atom stereocenters. The molecule has 0 saturated carbocycles. The van der Waals surface area contributed by atoms with Gasteiger partial charge in [0.2, 0.25) is 0 Å². The average Bonchev–Trinajstić information content (AvgIpc) is 3.02. The Hall–Kier alpha value is -4.54. The van der Waals surface area contributed by atoms with Gasteiger partial charge in [-0.05, 0) is 72.8 Å². The van der Waals surface area contributed by atoms with E-state index in [-0.39, 0.29) is 23.6 Å². The van der Waals surface area contributed by atoms with Crippen LogP contribution in [0, 0.1) is 0 Å². The number of amides is 4. The molecule has 206 valence electrons. The van der Waals surface area contributed by atoms with Crippen LogP contribution in [0.25, 0.3) is 0 Å². The van der Waals surface area contributed by atoms with Gasteiger partial charge in [-0.1, -0.05) is 0 Å². The monoisotopic (exact) mass is 542 g/mol. The first kappa shape index (κ1) is 27.0. The lowest BCUT2D eigenvalue weighted by atomic mass is 10.1. The summed E-state index contributed by atoms with van der Waals surface area (Å²) >= 11 is 0. The van der Waals surface area contributed by atoms with E-state index in [1.54, 1.807) is 82.6 Å². The van der Waals surface area contributed by atoms with Crippen molar-refractivity contribution in [3.63, 3.8) is 0 Å². The lowest BCUT2D eigenvalue weighted by Gasteiger charge is -2.26. The number of carbonyl (C=O) groups is 4. The zero-order valence-electron chi connectivity index (χ0n) is 21.9. The predicted molar refractivity (Wildman–Crippen MR) is 149 cm³/mol. The second-order valence-electron chi connectivity index (χ2n) is 9.45. The van der Waals surface area contributed by atoms with E-state index in [0.29, 0.717) is 86.2 Å². The van der Waals surface area contributed by atoms with Gasteiger partial charge in [-0.15, -0.1) is 0 Å². The van der Waals surface area contributed by atoms with Gasteiger partial charge in [-0.25, -0.2) is 0 Å². The van der Waals surface area contributed by atoms with Crippen LogP contribution in [0.4, 0.5) is 11.4 Å². The zero-order valence-corrected chi connectivity index (χ0v) is 21.9. The van der Waals surface area contributed by atoms with E-state index in [2.05, 4.69) is 10.6 Å². The maximum absolute atomic E-state index is 12.7. The molecule has 0 aliphatic carbocycles. The van der Waals surface area contributed by atoms with E-state index in [1.165, 1.54) is 0 Å². The highest BCUT2D eigenvalue weighted by molar-refractivity contribution is 6.07. The molecule has 2 aliphatic rings. The molecule has 4 amide bonds. The molecular weight excluding hydrogens is 512 g/mol. The van der Waals surface area contributed by atoms with E-state index in [1.807, 2.05) is 0 Å². The molecule has 2 heterocycles. The third kappa shape index (κ3) is 6.53. The van der Waals surface area contributed by atoms with Gasteiger partial charge in [-0.3, -0.25) is 19.2 Å². The molecular formula is C30H30N4O6. The molecule has 10 nitrogen and oxygen atoms in total. The van der Waals surface area contributed by atoms with E-state index < -0.39 is 0 Å². The Balaban J connectivity index is 1.14. The predicted octanol–water partition coefficient (Wildman–Crippen LogP) is 3.14. The molecule has 0 atom stereocenters. The summed E-state index contributed by atoms with van der Waals surface area (Å²) in [5, 5.41) is 5.62. The Morgan fingerprint density at radius 2 is 0.775 bits per heavy atom. The van der Waals surface area contributed by atoms with Gasteiger partial charge in [0.15, 0.2) is 0 Å². The Kier molecular flexibility index (Phi) is 8.48. The number of rotatable bonds is 6. The van der Waals surface area contributed by atoms with Crippen LogP contribution in [0.1, 0.15) is 41.4 Å². The van der Waals surface area contributed by atoms with E-state index in [0.717, 1.165) is 0 Å². The topological polar surface area (TPSA) is 117 Å². The van der Waals surface area contributed by atoms with Gasteiger partial charge in [0, 0.05) is 59.8 Å². The summed E-state index contributed by atoms with van der Waals surface area (Å²) in [5.74, 6) is -0.792. The molecule has 2 aliphatic heterocycles. The minimum atomic E-state index is -0.334. The lowest BCUT2D eigenvalue weighted by Crippen LogP contribution is -2.40. The summed E-state index contributed by atoms with van der Waals surface area (Å²) in [5.41, 5.74) is 2.98. The second-order valence-corrected chi connectivity index (χ2v) is 9.45. The Morgan fingerprint density at radius 3 is 1.10 bits per heavy atom. The van der Waals surface area contributed by atoms with Crippen molar-refractivity contribution < 1.29 is 28.7 Å². The van der Waals surface area contributed by atoms with Crippen molar-refractivity contribution in [2.45, 2.75) is 0 Å². The number of hydrogen-bond donors (Lipinski definition) is 2. The molecule has 10 heteroatoms. The van der Waals surface area contributed by atoms with Crippen molar-refractivity contribution in [2.75, 3.05) is 63.2 Å². The molecule has 0 spiro atoms. The zero-order chi connectivity index (χ0) is 27.9. The van der Waals surface area contributed by atoms with Crippen molar-refractivity contribution in [3.05, 3.63) is 95.1 Å². The van der Waals surface area contributed by atoms with Crippen molar-refractivity contribution in [3.8, 4) is 0 Å². The van der Waals surface area contributed by atoms with Crippen LogP contribution in [0.2, 0.25) is 0 Å². The third-order valence-corrected chi connectivity index (χ3v) is 6.79. The van der Waals surface area contributed by atoms with Gasteiger partial charge in [0.1, 0.15) is 0 Å². The minimum absolute atomic E-state index is 0.0625. The molecule has 0 aromatic heterocycles. The highest BCUT2D eigenvalue weighted by Crippen LogP contribution is 2.17. The molecule has 3 aromatic rings. The van der Waals surface area contributed by atoms with E-state index in [4.69, 9.17) is 9.47 Å².